The molecule has 0 fully saturated rings. The zero-order chi connectivity index (χ0) is 12.9. The Morgan fingerprint density at radius 2 is 2.12 bits per heavy atom. The van der Waals surface area contributed by atoms with E-state index in [1.54, 1.807) is 12.3 Å². The van der Waals surface area contributed by atoms with Crippen molar-refractivity contribution in [1.82, 2.24) is 0 Å². The smallest absolute Gasteiger partial charge is 0.0541 e. The first kappa shape index (κ1) is 15.6. The summed E-state index contributed by atoms with van der Waals surface area (Å²) >= 11 is 5.76. The second kappa shape index (κ2) is 11.1. The van der Waals surface area contributed by atoms with Gasteiger partial charge in [-0.3, -0.25) is 9.98 Å². The van der Waals surface area contributed by atoms with Gasteiger partial charge in [-0.05, 0) is 26.1 Å². The molecule has 0 aliphatic carbocycles. The minimum absolute atomic E-state index is 0.668. The summed E-state index contributed by atoms with van der Waals surface area (Å²) < 4.78 is 0. The molecule has 0 unspecified atom stereocenters. The van der Waals surface area contributed by atoms with E-state index in [1.807, 2.05) is 19.1 Å². The summed E-state index contributed by atoms with van der Waals surface area (Å²) in [6, 6.07) is 0. The predicted molar refractivity (Wildman–Crippen MR) is 79.2 cm³/mol. The molecular weight excluding hydrogens is 232 g/mol. The third kappa shape index (κ3) is 9.52. The van der Waals surface area contributed by atoms with Crippen molar-refractivity contribution in [2.45, 2.75) is 19.8 Å². The van der Waals surface area contributed by atoms with Crippen LogP contribution in [0.1, 0.15) is 19.8 Å². The van der Waals surface area contributed by atoms with E-state index in [9.17, 15) is 0 Å². The van der Waals surface area contributed by atoms with Crippen LogP contribution in [0.5, 0.6) is 0 Å². The normalized spacial score (nSPS) is 13.5. The van der Waals surface area contributed by atoms with E-state index >= 15 is 0 Å². The van der Waals surface area contributed by atoms with Crippen molar-refractivity contribution in [2.24, 2.45) is 9.98 Å². The Balaban J connectivity index is 3.82. The molecule has 0 atom stereocenters. The standard InChI is InChI=1S/C14H19ClN2/c1-4-9-14(16-3)10-7-6-8-11-17-12-13(15)5-2/h4-7,9,12H,1,3,8,10-11H2,2H3/b7-6+,13-5+,14-9-,17-12?. The molecular formula is C14H19ClN2. The average molecular weight is 251 g/mol. The van der Waals surface area contributed by atoms with E-state index in [1.165, 1.54) is 0 Å². The van der Waals surface area contributed by atoms with Gasteiger partial charge in [0, 0.05) is 24.9 Å². The largest absolute Gasteiger partial charge is 0.291 e. The molecule has 17 heavy (non-hydrogen) atoms. The van der Waals surface area contributed by atoms with Gasteiger partial charge in [-0.15, -0.1) is 0 Å². The Labute approximate surface area is 109 Å². The van der Waals surface area contributed by atoms with Crippen molar-refractivity contribution in [3.05, 3.63) is 47.7 Å². The maximum atomic E-state index is 5.76. The molecule has 0 aliphatic rings. The van der Waals surface area contributed by atoms with E-state index in [2.05, 4.69) is 35.4 Å². The van der Waals surface area contributed by atoms with Crippen LogP contribution < -0.4 is 0 Å². The molecule has 0 saturated carbocycles. The van der Waals surface area contributed by atoms with Gasteiger partial charge in [0.1, 0.15) is 0 Å². The van der Waals surface area contributed by atoms with Crippen LogP contribution in [0.15, 0.2) is 57.7 Å². The Kier molecular flexibility index (Phi) is 10.2. The number of allylic oxidation sites excluding steroid dienone is 5. The second-order valence-corrected chi connectivity index (χ2v) is 3.66. The van der Waals surface area contributed by atoms with Gasteiger partial charge in [0.2, 0.25) is 0 Å². The van der Waals surface area contributed by atoms with Crippen LogP contribution in [0.3, 0.4) is 0 Å². The van der Waals surface area contributed by atoms with Crippen molar-refractivity contribution in [2.75, 3.05) is 6.54 Å². The molecule has 2 nitrogen and oxygen atoms in total. The lowest BCUT2D eigenvalue weighted by Gasteiger charge is -1.93. The number of nitrogens with zero attached hydrogens (tertiary/aromatic N) is 2. The highest BCUT2D eigenvalue weighted by Crippen LogP contribution is 2.04. The number of rotatable bonds is 8. The molecule has 0 amide bonds. The zero-order valence-electron chi connectivity index (χ0n) is 10.3. The van der Waals surface area contributed by atoms with Crippen LogP contribution >= 0.6 is 11.6 Å². The third-order valence-corrected chi connectivity index (χ3v) is 2.24. The lowest BCUT2D eigenvalue weighted by molar-refractivity contribution is 1.00. The van der Waals surface area contributed by atoms with Crippen LogP contribution in [0, 0.1) is 0 Å². The molecule has 0 radical (unpaired) electrons. The molecule has 0 aromatic carbocycles. The molecule has 0 heterocycles. The van der Waals surface area contributed by atoms with E-state index < -0.39 is 0 Å². The fourth-order valence-corrected chi connectivity index (χ4v) is 1.09. The first-order valence-electron chi connectivity index (χ1n) is 5.49. The Morgan fingerprint density at radius 1 is 1.35 bits per heavy atom. The zero-order valence-corrected chi connectivity index (χ0v) is 11.0. The maximum absolute atomic E-state index is 5.76. The molecule has 0 N–H and O–H groups in total. The van der Waals surface area contributed by atoms with Crippen LogP contribution in [0.2, 0.25) is 0 Å². The van der Waals surface area contributed by atoms with Crippen molar-refractivity contribution < 1.29 is 0 Å². The Morgan fingerprint density at radius 3 is 2.71 bits per heavy atom. The molecule has 0 rings (SSSR count). The van der Waals surface area contributed by atoms with E-state index in [0.29, 0.717) is 5.03 Å². The van der Waals surface area contributed by atoms with E-state index in [4.69, 9.17) is 11.6 Å². The summed E-state index contributed by atoms with van der Waals surface area (Å²) in [6.07, 6.45) is 12.8. The topological polar surface area (TPSA) is 24.7 Å². The summed E-state index contributed by atoms with van der Waals surface area (Å²) in [4.78, 5) is 8.05. The monoisotopic (exact) mass is 250 g/mol. The fourth-order valence-electron chi connectivity index (χ4n) is 1.02. The van der Waals surface area contributed by atoms with E-state index in [0.717, 1.165) is 25.1 Å². The number of aliphatic imine (C=N–C) groups is 2. The van der Waals surface area contributed by atoms with Gasteiger partial charge >= 0.3 is 0 Å². The van der Waals surface area contributed by atoms with Gasteiger partial charge in [0.25, 0.3) is 0 Å². The van der Waals surface area contributed by atoms with Crippen LogP contribution in [-0.2, 0) is 0 Å². The lowest BCUT2D eigenvalue weighted by Crippen LogP contribution is -1.80. The van der Waals surface area contributed by atoms with Crippen LogP contribution in [0.4, 0.5) is 0 Å². The average Bonchev–Trinajstić information content (AvgIpc) is 2.35. The van der Waals surface area contributed by atoms with Gasteiger partial charge in [-0.2, -0.15) is 0 Å². The van der Waals surface area contributed by atoms with Gasteiger partial charge in [0.05, 0.1) is 5.03 Å². The fraction of sp³-hybridized carbons (Fsp3) is 0.286. The molecule has 0 aromatic rings. The number of hydrogen-bond donors (Lipinski definition) is 0. The second-order valence-electron chi connectivity index (χ2n) is 3.22. The van der Waals surface area contributed by atoms with Crippen LogP contribution in [0.25, 0.3) is 0 Å². The molecule has 0 aromatic heterocycles. The molecule has 0 spiro atoms. The molecule has 0 aliphatic heterocycles. The van der Waals surface area contributed by atoms with Gasteiger partial charge in [-0.1, -0.05) is 42.5 Å². The Hall–Kier alpha value is -1.41. The molecule has 0 saturated heterocycles. The summed E-state index contributed by atoms with van der Waals surface area (Å²) in [6.45, 7) is 9.73. The first-order valence-corrected chi connectivity index (χ1v) is 5.87. The number of hydrogen-bond acceptors (Lipinski definition) is 2. The first-order chi connectivity index (χ1) is 8.24. The third-order valence-electron chi connectivity index (χ3n) is 1.92. The highest BCUT2D eigenvalue weighted by molar-refractivity contribution is 6.39. The van der Waals surface area contributed by atoms with Crippen molar-refractivity contribution in [3.8, 4) is 0 Å². The van der Waals surface area contributed by atoms with Crippen LogP contribution in [-0.4, -0.2) is 19.5 Å². The summed E-state index contributed by atoms with van der Waals surface area (Å²) in [5, 5.41) is 0.668. The highest BCUT2D eigenvalue weighted by atomic mass is 35.5. The van der Waals surface area contributed by atoms with Crippen molar-refractivity contribution >= 4 is 24.5 Å². The summed E-state index contributed by atoms with van der Waals surface area (Å²) in [5.41, 5.74) is 0.914. The minimum Gasteiger partial charge on any atom is -0.291 e. The summed E-state index contributed by atoms with van der Waals surface area (Å²) in [7, 11) is 0. The minimum atomic E-state index is 0.668. The Bertz CT molecular complexity index is 349. The lowest BCUT2D eigenvalue weighted by atomic mass is 10.2. The molecule has 92 valence electrons. The molecule has 0 bridgehead atoms. The highest BCUT2D eigenvalue weighted by Gasteiger charge is 1.86. The SMILES string of the molecule is C=C/C=C(/C/C=C/CCN=C/C(Cl)=C\C)N=C. The van der Waals surface area contributed by atoms with Crippen molar-refractivity contribution in [1.29, 1.82) is 0 Å². The summed E-state index contributed by atoms with van der Waals surface area (Å²) in [5.74, 6) is 0. The van der Waals surface area contributed by atoms with Crippen molar-refractivity contribution in [3.63, 3.8) is 0 Å². The predicted octanol–water partition coefficient (Wildman–Crippen LogP) is 4.31. The molecule has 3 heteroatoms. The maximum Gasteiger partial charge on any atom is 0.0541 e. The van der Waals surface area contributed by atoms with Gasteiger partial charge in [0.15, 0.2) is 0 Å². The van der Waals surface area contributed by atoms with Gasteiger partial charge in [-0.25, -0.2) is 0 Å². The quantitative estimate of drug-likeness (QED) is 0.266. The van der Waals surface area contributed by atoms with Gasteiger partial charge < -0.3 is 0 Å². The van der Waals surface area contributed by atoms with E-state index in [-0.39, 0.29) is 0 Å². The number of halogens is 1.